The van der Waals surface area contributed by atoms with E-state index in [9.17, 15) is 22.8 Å². The molecule has 0 aliphatic carbocycles. The summed E-state index contributed by atoms with van der Waals surface area (Å²) in [6.07, 6.45) is -4.46. The molecular formula is C19H19BrF3N7O2. The van der Waals surface area contributed by atoms with Crippen LogP contribution in [0.25, 0.3) is 5.78 Å². The Hall–Kier alpha value is -2.93. The monoisotopic (exact) mass is 513 g/mol. The van der Waals surface area contributed by atoms with E-state index in [4.69, 9.17) is 0 Å². The van der Waals surface area contributed by atoms with Crippen LogP contribution in [-0.4, -0.2) is 51.3 Å². The molecular weight excluding hydrogens is 495 g/mol. The van der Waals surface area contributed by atoms with E-state index in [0.29, 0.717) is 37.6 Å². The predicted molar refractivity (Wildman–Crippen MR) is 115 cm³/mol. The summed E-state index contributed by atoms with van der Waals surface area (Å²) in [6.45, 7) is 4.19. The minimum Gasteiger partial charge on any atom is -0.363 e. The molecule has 1 aliphatic heterocycles. The van der Waals surface area contributed by atoms with Crippen LogP contribution < -0.4 is 21.1 Å². The van der Waals surface area contributed by atoms with Crippen LogP contribution in [0.5, 0.6) is 0 Å². The third kappa shape index (κ3) is 4.35. The van der Waals surface area contributed by atoms with Crippen molar-refractivity contribution in [2.24, 2.45) is 0 Å². The lowest BCUT2D eigenvalue weighted by Crippen LogP contribution is -2.46. The third-order valence-electron chi connectivity index (χ3n) is 5.18. The molecule has 0 spiro atoms. The summed E-state index contributed by atoms with van der Waals surface area (Å²) in [5.41, 5.74) is 0.0627. The number of amides is 1. The highest BCUT2D eigenvalue weighted by Gasteiger charge is 2.30. The smallest absolute Gasteiger partial charge is 0.363 e. The van der Waals surface area contributed by atoms with E-state index in [1.165, 1.54) is 12.1 Å². The van der Waals surface area contributed by atoms with Gasteiger partial charge in [0.05, 0.1) is 5.56 Å². The van der Waals surface area contributed by atoms with E-state index in [2.05, 4.69) is 36.6 Å². The molecule has 1 saturated heterocycles. The molecule has 13 heteroatoms. The van der Waals surface area contributed by atoms with Gasteiger partial charge in [-0.2, -0.15) is 22.7 Å². The van der Waals surface area contributed by atoms with Crippen LogP contribution in [0, 0.1) is 6.92 Å². The zero-order valence-corrected chi connectivity index (χ0v) is 18.5. The van der Waals surface area contributed by atoms with Crippen LogP contribution in [0.15, 0.2) is 33.8 Å². The highest BCUT2D eigenvalue weighted by Crippen LogP contribution is 2.29. The second-order valence-electron chi connectivity index (χ2n) is 7.28. The van der Waals surface area contributed by atoms with Crippen molar-refractivity contribution in [3.05, 3.63) is 50.6 Å². The van der Waals surface area contributed by atoms with Gasteiger partial charge in [0, 0.05) is 37.6 Å². The summed E-state index contributed by atoms with van der Waals surface area (Å²) in [6, 6.07) is 4.18. The first-order chi connectivity index (χ1) is 15.1. The largest absolute Gasteiger partial charge is 0.416 e. The topological polar surface area (TPSA) is 96.6 Å². The molecule has 4 rings (SSSR count). The zero-order chi connectivity index (χ0) is 23.0. The van der Waals surface area contributed by atoms with Crippen molar-refractivity contribution in [3.8, 4) is 0 Å². The molecule has 1 fully saturated rings. The Morgan fingerprint density at radius 3 is 2.50 bits per heavy atom. The Bertz CT molecular complexity index is 1210. The normalized spacial score (nSPS) is 14.7. The molecule has 170 valence electrons. The van der Waals surface area contributed by atoms with E-state index in [-0.39, 0.29) is 28.3 Å². The van der Waals surface area contributed by atoms with Gasteiger partial charge in [-0.25, -0.2) is 0 Å². The molecule has 3 heterocycles. The van der Waals surface area contributed by atoms with Gasteiger partial charge in [0.2, 0.25) is 16.4 Å². The number of anilines is 2. The van der Waals surface area contributed by atoms with Crippen molar-refractivity contribution in [1.29, 1.82) is 0 Å². The van der Waals surface area contributed by atoms with E-state index in [1.807, 2.05) is 4.90 Å². The number of nitrogens with one attached hydrogen (secondary N) is 2. The molecule has 0 unspecified atom stereocenters. The first-order valence-electron chi connectivity index (χ1n) is 9.73. The standard InChI is InChI=1S/C19H19BrF3N7O2/c1-11-15(28-8-6-24-7-9-28)16(32)30-18(26-17(20)27-30)29(11)10-14(31)25-13-4-2-12(3-5-13)19(21,22)23/h2-5,24H,6-10H2,1H3,(H,25,31). The number of fused-ring (bicyclic) bond motifs is 1. The Labute approximate surface area is 188 Å². The summed E-state index contributed by atoms with van der Waals surface area (Å²) < 4.78 is 41.1. The van der Waals surface area contributed by atoms with E-state index in [0.717, 1.165) is 16.6 Å². The van der Waals surface area contributed by atoms with Gasteiger partial charge in [0.1, 0.15) is 12.2 Å². The van der Waals surface area contributed by atoms with E-state index >= 15 is 0 Å². The van der Waals surface area contributed by atoms with Crippen LogP contribution >= 0.6 is 15.9 Å². The number of alkyl halides is 3. The van der Waals surface area contributed by atoms with Crippen molar-refractivity contribution in [3.63, 3.8) is 0 Å². The maximum Gasteiger partial charge on any atom is 0.416 e. The number of piperazine rings is 1. The molecule has 9 nitrogen and oxygen atoms in total. The van der Waals surface area contributed by atoms with Gasteiger partial charge in [0.25, 0.3) is 5.56 Å². The molecule has 0 radical (unpaired) electrons. The van der Waals surface area contributed by atoms with Crippen molar-refractivity contribution in [1.82, 2.24) is 24.5 Å². The summed E-state index contributed by atoms with van der Waals surface area (Å²) >= 11 is 3.17. The molecule has 1 aromatic carbocycles. The van der Waals surface area contributed by atoms with Gasteiger partial charge in [0.15, 0.2) is 0 Å². The maximum absolute atomic E-state index is 13.1. The summed E-state index contributed by atoms with van der Waals surface area (Å²) in [7, 11) is 0. The number of halogens is 4. The molecule has 32 heavy (non-hydrogen) atoms. The summed E-state index contributed by atoms with van der Waals surface area (Å²) in [5.74, 6) is -0.301. The Morgan fingerprint density at radius 2 is 1.88 bits per heavy atom. The van der Waals surface area contributed by atoms with Gasteiger partial charge in [-0.3, -0.25) is 9.59 Å². The lowest BCUT2D eigenvalue weighted by molar-refractivity contribution is -0.137. The minimum absolute atomic E-state index is 0.181. The summed E-state index contributed by atoms with van der Waals surface area (Å²) in [5, 5.41) is 9.91. The molecule has 1 amide bonds. The number of carbonyl (C=O) groups is 1. The summed E-state index contributed by atoms with van der Waals surface area (Å²) in [4.78, 5) is 31.9. The van der Waals surface area contributed by atoms with Crippen LogP contribution in [0.4, 0.5) is 24.5 Å². The number of hydrogen-bond donors (Lipinski definition) is 2. The van der Waals surface area contributed by atoms with Gasteiger partial charge < -0.3 is 20.1 Å². The average molecular weight is 514 g/mol. The van der Waals surface area contributed by atoms with E-state index in [1.54, 1.807) is 11.5 Å². The Kier molecular flexibility index (Phi) is 5.95. The number of carbonyl (C=O) groups excluding carboxylic acids is 1. The van der Waals surface area contributed by atoms with Crippen molar-refractivity contribution >= 4 is 39.0 Å². The second kappa shape index (κ2) is 8.54. The quantitative estimate of drug-likeness (QED) is 0.554. The van der Waals surface area contributed by atoms with E-state index < -0.39 is 17.6 Å². The SMILES string of the molecule is Cc1c(N2CCNCC2)c(=O)n2nc(Br)nc2n1CC(=O)Nc1ccc(C(F)(F)F)cc1. The number of rotatable bonds is 4. The van der Waals surface area contributed by atoms with Crippen molar-refractivity contribution < 1.29 is 18.0 Å². The number of aromatic nitrogens is 4. The van der Waals surface area contributed by atoms with Gasteiger partial charge in [-0.1, -0.05) is 0 Å². The van der Waals surface area contributed by atoms with Crippen molar-refractivity contribution in [2.45, 2.75) is 19.6 Å². The maximum atomic E-state index is 13.1. The molecule has 0 saturated carbocycles. The van der Waals surface area contributed by atoms with Gasteiger partial charge in [-0.05, 0) is 47.1 Å². The number of benzene rings is 1. The molecule has 2 aromatic heterocycles. The predicted octanol–water partition coefficient (Wildman–Crippen LogP) is 2.03. The van der Waals surface area contributed by atoms with Crippen LogP contribution in [-0.2, 0) is 17.5 Å². The van der Waals surface area contributed by atoms with Crippen molar-refractivity contribution in [2.75, 3.05) is 36.4 Å². The first kappa shape index (κ1) is 22.3. The highest BCUT2D eigenvalue weighted by molar-refractivity contribution is 9.10. The molecule has 0 bridgehead atoms. The third-order valence-corrected chi connectivity index (χ3v) is 5.52. The Morgan fingerprint density at radius 1 is 1.22 bits per heavy atom. The molecule has 2 N–H and O–H groups in total. The molecule has 3 aromatic rings. The van der Waals surface area contributed by atoms with Gasteiger partial charge in [-0.15, -0.1) is 5.10 Å². The average Bonchev–Trinajstić information content (AvgIpc) is 3.14. The molecule has 1 aliphatic rings. The van der Waals surface area contributed by atoms with Crippen LogP contribution in [0.3, 0.4) is 0 Å². The lowest BCUT2D eigenvalue weighted by Gasteiger charge is -2.30. The molecule has 0 atom stereocenters. The fraction of sp³-hybridized carbons (Fsp3) is 0.368. The fourth-order valence-electron chi connectivity index (χ4n) is 3.65. The number of hydrogen-bond acceptors (Lipinski definition) is 6. The van der Waals surface area contributed by atoms with Gasteiger partial charge >= 0.3 is 6.18 Å². The zero-order valence-electron chi connectivity index (χ0n) is 16.9. The minimum atomic E-state index is -4.46. The fourth-order valence-corrected chi connectivity index (χ4v) is 3.97. The Balaban J connectivity index is 1.66. The van der Waals surface area contributed by atoms with Crippen LogP contribution in [0.1, 0.15) is 11.3 Å². The number of nitrogens with zero attached hydrogens (tertiary/aromatic N) is 5. The highest BCUT2D eigenvalue weighted by atomic mass is 79.9. The first-order valence-corrected chi connectivity index (χ1v) is 10.5. The van der Waals surface area contributed by atoms with Crippen LogP contribution in [0.2, 0.25) is 0 Å². The lowest BCUT2D eigenvalue weighted by atomic mass is 10.2. The second-order valence-corrected chi connectivity index (χ2v) is 7.99.